The molecule has 2 atom stereocenters. The van der Waals surface area contributed by atoms with Crippen molar-refractivity contribution < 1.29 is 28.2 Å². The number of carboxylic acid groups (broad SMARTS) is 1. The third kappa shape index (κ3) is 2.39. The molecular formula is C13H15NO6S. The molecule has 8 heteroatoms. The molecule has 7 nitrogen and oxygen atoms in total. The lowest BCUT2D eigenvalue weighted by molar-refractivity contribution is -0.140. The molecule has 1 aromatic carbocycles. The second kappa shape index (κ2) is 4.97. The Balaban J connectivity index is 1.98. The number of ether oxygens (including phenoxy) is 1. The molecule has 1 fully saturated rings. The minimum atomic E-state index is -3.95. The van der Waals surface area contributed by atoms with Gasteiger partial charge in [0.25, 0.3) is 0 Å². The zero-order chi connectivity index (χ0) is 15.2. The van der Waals surface area contributed by atoms with E-state index in [9.17, 15) is 18.3 Å². The van der Waals surface area contributed by atoms with Gasteiger partial charge in [0, 0.05) is 19.4 Å². The highest BCUT2D eigenvalue weighted by molar-refractivity contribution is 7.89. The fourth-order valence-electron chi connectivity index (χ4n) is 2.73. The van der Waals surface area contributed by atoms with Crippen LogP contribution in [-0.2, 0) is 21.2 Å². The second-order valence-electron chi connectivity index (χ2n) is 5.19. The molecule has 1 aromatic rings. The number of fused-ring (bicyclic) bond motifs is 1. The number of sulfonamides is 1. The second-order valence-corrected chi connectivity index (χ2v) is 7.08. The first-order valence-electron chi connectivity index (χ1n) is 6.58. The molecule has 0 aliphatic carbocycles. The van der Waals surface area contributed by atoms with Crippen molar-refractivity contribution in [3.05, 3.63) is 23.8 Å². The van der Waals surface area contributed by atoms with Crippen LogP contribution in [0.25, 0.3) is 0 Å². The molecule has 0 aromatic heterocycles. The van der Waals surface area contributed by atoms with Gasteiger partial charge < -0.3 is 14.9 Å². The first-order valence-corrected chi connectivity index (χ1v) is 8.02. The molecule has 0 unspecified atom stereocenters. The Morgan fingerprint density at radius 1 is 1.38 bits per heavy atom. The first-order chi connectivity index (χ1) is 9.89. The van der Waals surface area contributed by atoms with Crippen molar-refractivity contribution in [3.63, 3.8) is 0 Å². The molecule has 2 heterocycles. The fourth-order valence-corrected chi connectivity index (χ4v) is 4.41. The van der Waals surface area contributed by atoms with Crippen LogP contribution in [-0.4, -0.2) is 54.2 Å². The van der Waals surface area contributed by atoms with Crippen molar-refractivity contribution in [1.82, 2.24) is 4.31 Å². The van der Waals surface area contributed by atoms with E-state index >= 15 is 0 Å². The lowest BCUT2D eigenvalue weighted by atomic mass is 10.2. The van der Waals surface area contributed by atoms with Gasteiger partial charge in [-0.2, -0.15) is 4.31 Å². The van der Waals surface area contributed by atoms with E-state index in [2.05, 4.69) is 0 Å². The van der Waals surface area contributed by atoms with E-state index in [0.29, 0.717) is 18.8 Å². The van der Waals surface area contributed by atoms with Gasteiger partial charge in [0.2, 0.25) is 10.0 Å². The number of aliphatic hydroxyl groups excluding tert-OH is 1. The van der Waals surface area contributed by atoms with Gasteiger partial charge in [0.15, 0.2) is 0 Å². The van der Waals surface area contributed by atoms with Crippen LogP contribution in [0.5, 0.6) is 5.75 Å². The lowest BCUT2D eigenvalue weighted by Gasteiger charge is -2.21. The van der Waals surface area contributed by atoms with Gasteiger partial charge in [-0.25, -0.2) is 8.42 Å². The Morgan fingerprint density at radius 2 is 2.14 bits per heavy atom. The predicted molar refractivity (Wildman–Crippen MR) is 71.6 cm³/mol. The van der Waals surface area contributed by atoms with Crippen LogP contribution in [0.4, 0.5) is 0 Å². The highest BCUT2D eigenvalue weighted by Crippen LogP contribution is 2.31. The molecule has 0 radical (unpaired) electrons. The predicted octanol–water partition coefficient (Wildman–Crippen LogP) is -0.170. The molecule has 2 aliphatic rings. The van der Waals surface area contributed by atoms with E-state index in [4.69, 9.17) is 9.84 Å². The normalized spacial score (nSPS) is 25.6. The van der Waals surface area contributed by atoms with Gasteiger partial charge in [-0.1, -0.05) is 0 Å². The van der Waals surface area contributed by atoms with Crippen molar-refractivity contribution in [2.45, 2.75) is 29.9 Å². The standard InChI is InChI=1S/C13H15NO6S/c15-9-6-11(13(16)17)14(7-9)21(18,19)10-1-2-12-8(5-10)3-4-20-12/h1-2,5,9,11,15H,3-4,6-7H2,(H,16,17)/t9-,11-/m0/s1. The lowest BCUT2D eigenvalue weighted by Crippen LogP contribution is -2.40. The Kier molecular flexibility index (Phi) is 3.39. The van der Waals surface area contributed by atoms with Crippen LogP contribution >= 0.6 is 0 Å². The van der Waals surface area contributed by atoms with Crippen molar-refractivity contribution in [3.8, 4) is 5.75 Å². The van der Waals surface area contributed by atoms with E-state index < -0.39 is 28.1 Å². The Bertz CT molecular complexity index is 686. The SMILES string of the molecule is O=C(O)[C@@H]1C[C@H](O)CN1S(=O)(=O)c1ccc2c(c1)CCO2. The van der Waals surface area contributed by atoms with Gasteiger partial charge in [-0.15, -0.1) is 0 Å². The number of nitrogens with zero attached hydrogens (tertiary/aromatic N) is 1. The van der Waals surface area contributed by atoms with Gasteiger partial charge >= 0.3 is 5.97 Å². The average molecular weight is 313 g/mol. The maximum Gasteiger partial charge on any atom is 0.322 e. The van der Waals surface area contributed by atoms with E-state index in [1.165, 1.54) is 12.1 Å². The zero-order valence-electron chi connectivity index (χ0n) is 11.1. The number of aliphatic carboxylic acids is 1. The molecule has 2 N–H and O–H groups in total. The summed E-state index contributed by atoms with van der Waals surface area (Å²) in [5.74, 6) is -0.593. The number of carbonyl (C=O) groups is 1. The number of aliphatic hydroxyl groups is 1. The molecule has 0 saturated carbocycles. The monoisotopic (exact) mass is 313 g/mol. The van der Waals surface area contributed by atoms with Crippen LogP contribution in [0.3, 0.4) is 0 Å². The average Bonchev–Trinajstić information content (AvgIpc) is 3.03. The summed E-state index contributed by atoms with van der Waals surface area (Å²) in [7, 11) is -3.95. The van der Waals surface area contributed by atoms with Gasteiger partial charge in [0.1, 0.15) is 11.8 Å². The van der Waals surface area contributed by atoms with E-state index in [1.807, 2.05) is 0 Å². The van der Waals surface area contributed by atoms with Crippen molar-refractivity contribution in [1.29, 1.82) is 0 Å². The van der Waals surface area contributed by atoms with Crippen LogP contribution in [0, 0.1) is 0 Å². The number of carboxylic acids is 1. The van der Waals surface area contributed by atoms with Crippen LogP contribution in [0.2, 0.25) is 0 Å². The number of β-amino-alcohol motifs (C(OH)–C–C–N with tert-alkyl or cyclic N) is 1. The highest BCUT2D eigenvalue weighted by atomic mass is 32.2. The van der Waals surface area contributed by atoms with Gasteiger partial charge in [-0.05, 0) is 23.8 Å². The van der Waals surface area contributed by atoms with Crippen LogP contribution < -0.4 is 4.74 Å². The van der Waals surface area contributed by atoms with Crippen LogP contribution in [0.15, 0.2) is 23.1 Å². The molecule has 1 saturated heterocycles. The van der Waals surface area contributed by atoms with Gasteiger partial charge in [-0.3, -0.25) is 4.79 Å². The number of rotatable bonds is 3. The summed E-state index contributed by atoms with van der Waals surface area (Å²) in [6.45, 7) is 0.311. The smallest absolute Gasteiger partial charge is 0.322 e. The van der Waals surface area contributed by atoms with Gasteiger partial charge in [0.05, 0.1) is 17.6 Å². The quantitative estimate of drug-likeness (QED) is 0.803. The van der Waals surface area contributed by atoms with Crippen molar-refractivity contribution in [2.75, 3.05) is 13.2 Å². The molecule has 21 heavy (non-hydrogen) atoms. The summed E-state index contributed by atoms with van der Waals surface area (Å²) in [5, 5.41) is 18.7. The first kappa shape index (κ1) is 14.3. The third-order valence-electron chi connectivity index (χ3n) is 3.79. The number of hydrogen-bond acceptors (Lipinski definition) is 5. The molecule has 3 rings (SSSR count). The largest absolute Gasteiger partial charge is 0.493 e. The summed E-state index contributed by atoms with van der Waals surface area (Å²) in [4.78, 5) is 11.2. The topological polar surface area (TPSA) is 104 Å². The number of benzene rings is 1. The van der Waals surface area contributed by atoms with Crippen molar-refractivity contribution in [2.24, 2.45) is 0 Å². The summed E-state index contributed by atoms with van der Waals surface area (Å²) in [5.41, 5.74) is 0.794. The fraction of sp³-hybridized carbons (Fsp3) is 0.462. The summed E-state index contributed by atoms with van der Waals surface area (Å²) >= 11 is 0. The highest BCUT2D eigenvalue weighted by Gasteiger charge is 2.43. The maximum atomic E-state index is 12.6. The molecule has 0 amide bonds. The minimum absolute atomic E-state index is 0.0344. The third-order valence-corrected chi connectivity index (χ3v) is 5.66. The van der Waals surface area contributed by atoms with E-state index in [0.717, 1.165) is 9.87 Å². The van der Waals surface area contributed by atoms with E-state index in [-0.39, 0.29) is 17.9 Å². The summed E-state index contributed by atoms with van der Waals surface area (Å²) in [6.07, 6.45) is -0.426. The summed E-state index contributed by atoms with van der Waals surface area (Å²) < 4.78 is 31.4. The Labute approximate surface area is 121 Å². The Hall–Kier alpha value is -1.64. The molecule has 0 bridgehead atoms. The summed E-state index contributed by atoms with van der Waals surface area (Å²) in [6, 6.07) is 3.27. The molecular weight excluding hydrogens is 298 g/mol. The molecule has 2 aliphatic heterocycles. The zero-order valence-corrected chi connectivity index (χ0v) is 11.9. The van der Waals surface area contributed by atoms with E-state index in [1.54, 1.807) is 6.07 Å². The number of hydrogen-bond donors (Lipinski definition) is 2. The Morgan fingerprint density at radius 3 is 2.86 bits per heavy atom. The van der Waals surface area contributed by atoms with Crippen molar-refractivity contribution >= 4 is 16.0 Å². The molecule has 114 valence electrons. The maximum absolute atomic E-state index is 12.6. The minimum Gasteiger partial charge on any atom is -0.493 e. The van der Waals surface area contributed by atoms with Crippen LogP contribution in [0.1, 0.15) is 12.0 Å². The molecule has 0 spiro atoms.